The van der Waals surface area contributed by atoms with Crippen molar-refractivity contribution < 1.29 is 16.5 Å². The van der Waals surface area contributed by atoms with E-state index in [1.807, 2.05) is 12.2 Å². The standard InChI is InChI=1S/C6H7.Ni/c1-6-4-2-3-5-6;/h2-6H,1H2;. The number of rotatable bonds is 0. The van der Waals surface area contributed by atoms with Crippen LogP contribution in [0.1, 0.15) is 0 Å². The molecule has 1 aliphatic carbocycles. The van der Waals surface area contributed by atoms with E-state index in [1.165, 1.54) is 0 Å². The summed E-state index contributed by atoms with van der Waals surface area (Å²) in [6.45, 7) is 3.76. The summed E-state index contributed by atoms with van der Waals surface area (Å²) in [5.41, 5.74) is 0. The average molecular weight is 138 g/mol. The summed E-state index contributed by atoms with van der Waals surface area (Å²) in [7, 11) is 0. The third-order valence-electron chi connectivity index (χ3n) is 0.828. The van der Waals surface area contributed by atoms with Gasteiger partial charge in [0.25, 0.3) is 0 Å². The van der Waals surface area contributed by atoms with E-state index in [0.717, 1.165) is 0 Å². The molecule has 0 heterocycles. The normalized spacial score (nSPS) is 17.3. The van der Waals surface area contributed by atoms with Gasteiger partial charge in [0, 0.05) is 16.5 Å². The summed E-state index contributed by atoms with van der Waals surface area (Å²) in [4.78, 5) is 0. The third-order valence-corrected chi connectivity index (χ3v) is 0.828. The maximum Gasteiger partial charge on any atom is 0 e. The molecule has 1 rings (SSSR count). The first-order valence-corrected chi connectivity index (χ1v) is 2.07. The number of hydrogen-bond acceptors (Lipinski definition) is 0. The molecule has 0 aromatic heterocycles. The zero-order valence-corrected chi connectivity index (χ0v) is 4.90. The molecule has 0 spiro atoms. The topological polar surface area (TPSA) is 0 Å². The Morgan fingerprint density at radius 3 is 1.71 bits per heavy atom. The van der Waals surface area contributed by atoms with Crippen molar-refractivity contribution in [2.45, 2.75) is 0 Å². The van der Waals surface area contributed by atoms with Crippen LogP contribution in [0.25, 0.3) is 0 Å². The summed E-state index contributed by atoms with van der Waals surface area (Å²) in [5, 5.41) is 0. The van der Waals surface area contributed by atoms with E-state index < -0.39 is 0 Å². The molecule has 0 unspecified atom stereocenters. The third kappa shape index (κ3) is 1.94. The van der Waals surface area contributed by atoms with Gasteiger partial charge < -0.3 is 0 Å². The van der Waals surface area contributed by atoms with Crippen molar-refractivity contribution in [3.63, 3.8) is 0 Å². The second-order valence-electron chi connectivity index (χ2n) is 1.43. The van der Waals surface area contributed by atoms with Crippen LogP contribution in [-0.4, -0.2) is 0 Å². The summed E-state index contributed by atoms with van der Waals surface area (Å²) in [5.74, 6) is 0.435. The van der Waals surface area contributed by atoms with E-state index in [9.17, 15) is 0 Å². The first-order chi connectivity index (χ1) is 2.89. The Bertz CT molecular complexity index is 80.4. The fourth-order valence-corrected chi connectivity index (χ4v) is 0.478. The molecule has 0 amide bonds. The van der Waals surface area contributed by atoms with Crippen molar-refractivity contribution in [3.05, 3.63) is 31.2 Å². The Morgan fingerprint density at radius 2 is 1.57 bits per heavy atom. The van der Waals surface area contributed by atoms with Crippen LogP contribution in [0.4, 0.5) is 0 Å². The Hall–Kier alpha value is -0.0265. The van der Waals surface area contributed by atoms with Crippen molar-refractivity contribution in [3.8, 4) is 0 Å². The SMILES string of the molecule is [CH2]C1C=CC=C1.[Ni]. The first kappa shape index (κ1) is 6.97. The molecule has 0 saturated carbocycles. The Labute approximate surface area is 54.2 Å². The molecule has 0 N–H and O–H groups in total. The van der Waals surface area contributed by atoms with Crippen molar-refractivity contribution in [2.24, 2.45) is 5.92 Å². The molecular formula is C6H7Ni. The molecule has 0 fully saturated rings. The van der Waals surface area contributed by atoms with Gasteiger partial charge in [-0.25, -0.2) is 0 Å². The van der Waals surface area contributed by atoms with E-state index in [1.54, 1.807) is 0 Å². The van der Waals surface area contributed by atoms with E-state index in [0.29, 0.717) is 5.92 Å². The molecule has 0 atom stereocenters. The first-order valence-electron chi connectivity index (χ1n) is 2.07. The minimum absolute atomic E-state index is 0. The Balaban J connectivity index is 0.000000360. The number of hydrogen-bond donors (Lipinski definition) is 0. The molecule has 0 bridgehead atoms. The minimum Gasteiger partial charge on any atom is -0.0776 e. The van der Waals surface area contributed by atoms with Gasteiger partial charge in [-0.3, -0.25) is 0 Å². The smallest absolute Gasteiger partial charge is 0 e. The maximum absolute atomic E-state index is 3.76. The fourth-order valence-electron chi connectivity index (χ4n) is 0.478. The van der Waals surface area contributed by atoms with Gasteiger partial charge in [0.2, 0.25) is 0 Å². The van der Waals surface area contributed by atoms with E-state index in [-0.39, 0.29) is 16.5 Å². The summed E-state index contributed by atoms with van der Waals surface area (Å²) < 4.78 is 0. The average Bonchev–Trinajstić information content (AvgIpc) is 1.86. The van der Waals surface area contributed by atoms with Crippen molar-refractivity contribution in [1.82, 2.24) is 0 Å². The van der Waals surface area contributed by atoms with Gasteiger partial charge in [0.05, 0.1) is 0 Å². The van der Waals surface area contributed by atoms with Crippen LogP contribution in [0.15, 0.2) is 24.3 Å². The molecule has 0 aromatic rings. The van der Waals surface area contributed by atoms with E-state index in [2.05, 4.69) is 19.1 Å². The molecule has 41 valence electrons. The molecule has 1 radical (unpaired) electrons. The predicted molar refractivity (Wildman–Crippen MR) is 27.1 cm³/mol. The maximum atomic E-state index is 3.76. The van der Waals surface area contributed by atoms with Crippen LogP contribution in [-0.2, 0) is 16.5 Å². The van der Waals surface area contributed by atoms with Crippen LogP contribution in [0.3, 0.4) is 0 Å². The number of allylic oxidation sites excluding steroid dienone is 4. The molecule has 7 heavy (non-hydrogen) atoms. The zero-order valence-electron chi connectivity index (χ0n) is 3.91. The summed E-state index contributed by atoms with van der Waals surface area (Å²) in [6.07, 6.45) is 8.13. The van der Waals surface area contributed by atoms with E-state index in [4.69, 9.17) is 0 Å². The second-order valence-corrected chi connectivity index (χ2v) is 1.43. The molecular weight excluding hydrogens is 131 g/mol. The molecule has 0 aromatic carbocycles. The monoisotopic (exact) mass is 137 g/mol. The molecule has 1 aliphatic rings. The minimum atomic E-state index is 0. The van der Waals surface area contributed by atoms with Crippen LogP contribution in [0, 0.1) is 12.8 Å². The van der Waals surface area contributed by atoms with Crippen molar-refractivity contribution >= 4 is 0 Å². The van der Waals surface area contributed by atoms with Crippen LogP contribution < -0.4 is 0 Å². The molecule has 0 aliphatic heterocycles. The van der Waals surface area contributed by atoms with Gasteiger partial charge >= 0.3 is 0 Å². The van der Waals surface area contributed by atoms with Gasteiger partial charge in [-0.05, 0) is 12.8 Å². The summed E-state index contributed by atoms with van der Waals surface area (Å²) >= 11 is 0. The molecule has 0 nitrogen and oxygen atoms in total. The van der Waals surface area contributed by atoms with Gasteiger partial charge in [-0.1, -0.05) is 24.3 Å². The van der Waals surface area contributed by atoms with Gasteiger partial charge in [0.1, 0.15) is 0 Å². The Kier molecular flexibility index (Phi) is 3.03. The van der Waals surface area contributed by atoms with Gasteiger partial charge in [-0.15, -0.1) is 0 Å². The second kappa shape index (κ2) is 3.04. The van der Waals surface area contributed by atoms with Gasteiger partial charge in [-0.2, -0.15) is 0 Å². The largest absolute Gasteiger partial charge is 0.0776 e. The molecule has 1 heteroatoms. The van der Waals surface area contributed by atoms with Crippen molar-refractivity contribution in [2.75, 3.05) is 0 Å². The zero-order chi connectivity index (χ0) is 4.41. The van der Waals surface area contributed by atoms with Crippen LogP contribution >= 0.6 is 0 Å². The van der Waals surface area contributed by atoms with Crippen molar-refractivity contribution in [1.29, 1.82) is 0 Å². The summed E-state index contributed by atoms with van der Waals surface area (Å²) in [6, 6.07) is 0. The van der Waals surface area contributed by atoms with E-state index >= 15 is 0 Å². The fraction of sp³-hybridized carbons (Fsp3) is 0.167. The predicted octanol–water partition coefficient (Wildman–Crippen LogP) is 1.56. The van der Waals surface area contributed by atoms with Crippen LogP contribution in [0.2, 0.25) is 0 Å². The van der Waals surface area contributed by atoms with Gasteiger partial charge in [0.15, 0.2) is 0 Å². The molecule has 0 saturated heterocycles. The quantitative estimate of drug-likeness (QED) is 0.445. The van der Waals surface area contributed by atoms with Crippen LogP contribution in [0.5, 0.6) is 0 Å². The Morgan fingerprint density at radius 1 is 1.14 bits per heavy atom.